The molecule has 0 aliphatic heterocycles. The van der Waals surface area contributed by atoms with Crippen LogP contribution in [0.5, 0.6) is 0 Å². The summed E-state index contributed by atoms with van der Waals surface area (Å²) in [5.41, 5.74) is 2.37. The summed E-state index contributed by atoms with van der Waals surface area (Å²) >= 11 is 0. The summed E-state index contributed by atoms with van der Waals surface area (Å²) in [6, 6.07) is 9.08. The lowest BCUT2D eigenvalue weighted by molar-refractivity contribution is 0.0600. The summed E-state index contributed by atoms with van der Waals surface area (Å²) < 4.78 is 6.39. The third-order valence-electron chi connectivity index (χ3n) is 3.81. The highest BCUT2D eigenvalue weighted by Gasteiger charge is 2.28. The standard InChI is InChI=1S/C15H14N4O2/c1-21-15(20)11-6-3-7-12(8-11)19-14(10-4-2-5-10)13(9-16)17-18-19/h3,6-8,10H,2,4-5H2,1H3. The number of methoxy groups -OCH3 is 1. The maximum atomic E-state index is 11.6. The van der Waals surface area contributed by atoms with E-state index in [0.717, 1.165) is 25.0 Å². The zero-order valence-corrected chi connectivity index (χ0v) is 11.6. The SMILES string of the molecule is COC(=O)c1cccc(-n2nnc(C#N)c2C2CCC2)c1. The summed E-state index contributed by atoms with van der Waals surface area (Å²) in [6.07, 6.45) is 3.24. The molecule has 2 aromatic rings. The van der Waals surface area contributed by atoms with Crippen molar-refractivity contribution in [1.82, 2.24) is 15.0 Å². The monoisotopic (exact) mass is 282 g/mol. The third-order valence-corrected chi connectivity index (χ3v) is 3.81. The molecular weight excluding hydrogens is 268 g/mol. The number of rotatable bonds is 3. The average Bonchev–Trinajstić information content (AvgIpc) is 2.88. The summed E-state index contributed by atoms with van der Waals surface area (Å²) in [7, 11) is 1.35. The number of nitrogens with zero attached hydrogens (tertiary/aromatic N) is 4. The number of esters is 1. The fraction of sp³-hybridized carbons (Fsp3) is 0.333. The van der Waals surface area contributed by atoms with Crippen molar-refractivity contribution in [3.05, 3.63) is 41.2 Å². The van der Waals surface area contributed by atoms with Crippen molar-refractivity contribution in [3.8, 4) is 11.8 Å². The van der Waals surface area contributed by atoms with Crippen molar-refractivity contribution in [2.75, 3.05) is 7.11 Å². The highest BCUT2D eigenvalue weighted by molar-refractivity contribution is 5.89. The Labute approximate surface area is 122 Å². The minimum Gasteiger partial charge on any atom is -0.465 e. The van der Waals surface area contributed by atoms with Crippen LogP contribution in [0.25, 0.3) is 5.69 Å². The summed E-state index contributed by atoms with van der Waals surface area (Å²) in [6.45, 7) is 0. The first-order valence-corrected chi connectivity index (χ1v) is 6.79. The van der Waals surface area contributed by atoms with Crippen LogP contribution in [-0.4, -0.2) is 28.1 Å². The number of hydrogen-bond acceptors (Lipinski definition) is 5. The van der Waals surface area contributed by atoms with Gasteiger partial charge in [-0.2, -0.15) is 5.26 Å². The van der Waals surface area contributed by atoms with E-state index >= 15 is 0 Å². The van der Waals surface area contributed by atoms with E-state index in [-0.39, 0.29) is 0 Å². The highest BCUT2D eigenvalue weighted by Crippen LogP contribution is 2.38. The molecule has 1 heterocycles. The molecule has 0 spiro atoms. The van der Waals surface area contributed by atoms with E-state index < -0.39 is 5.97 Å². The summed E-state index contributed by atoms with van der Waals surface area (Å²) in [4.78, 5) is 11.6. The van der Waals surface area contributed by atoms with E-state index in [0.29, 0.717) is 22.9 Å². The largest absolute Gasteiger partial charge is 0.465 e. The van der Waals surface area contributed by atoms with Crippen molar-refractivity contribution in [3.63, 3.8) is 0 Å². The predicted molar refractivity (Wildman–Crippen MR) is 74.0 cm³/mol. The number of carbonyl (C=O) groups excluding carboxylic acids is 1. The fourth-order valence-electron chi connectivity index (χ4n) is 2.49. The van der Waals surface area contributed by atoms with Crippen LogP contribution in [0.4, 0.5) is 0 Å². The van der Waals surface area contributed by atoms with Gasteiger partial charge in [0, 0.05) is 5.92 Å². The maximum Gasteiger partial charge on any atom is 0.337 e. The van der Waals surface area contributed by atoms with E-state index in [1.165, 1.54) is 7.11 Å². The minimum absolute atomic E-state index is 0.316. The molecule has 0 unspecified atom stereocenters. The molecule has 6 nitrogen and oxygen atoms in total. The molecule has 21 heavy (non-hydrogen) atoms. The Balaban J connectivity index is 2.06. The first-order valence-electron chi connectivity index (χ1n) is 6.79. The molecule has 6 heteroatoms. The molecule has 1 aliphatic rings. The third kappa shape index (κ3) is 2.27. The lowest BCUT2D eigenvalue weighted by atomic mass is 9.82. The molecule has 0 radical (unpaired) electrons. The Kier molecular flexibility index (Phi) is 3.40. The fourth-order valence-corrected chi connectivity index (χ4v) is 2.49. The quantitative estimate of drug-likeness (QED) is 0.806. The van der Waals surface area contributed by atoms with Gasteiger partial charge in [-0.15, -0.1) is 5.10 Å². The van der Waals surface area contributed by atoms with Crippen LogP contribution in [-0.2, 0) is 4.74 Å². The van der Waals surface area contributed by atoms with Crippen LogP contribution in [0, 0.1) is 11.3 Å². The Hall–Kier alpha value is -2.68. The van der Waals surface area contributed by atoms with Crippen LogP contribution >= 0.6 is 0 Å². The molecule has 0 atom stereocenters. The molecular formula is C15H14N4O2. The van der Waals surface area contributed by atoms with E-state index in [1.807, 2.05) is 6.07 Å². The highest BCUT2D eigenvalue weighted by atomic mass is 16.5. The van der Waals surface area contributed by atoms with Crippen molar-refractivity contribution < 1.29 is 9.53 Å². The molecule has 3 rings (SSSR count). The van der Waals surface area contributed by atoms with Gasteiger partial charge >= 0.3 is 5.97 Å². The molecule has 0 saturated heterocycles. The Bertz CT molecular complexity index is 726. The van der Waals surface area contributed by atoms with Gasteiger partial charge in [0.2, 0.25) is 0 Å². The molecule has 106 valence electrons. The lowest BCUT2D eigenvalue weighted by Gasteiger charge is -2.25. The molecule has 1 saturated carbocycles. The lowest BCUT2D eigenvalue weighted by Crippen LogP contribution is -2.15. The number of benzene rings is 1. The number of aromatic nitrogens is 3. The molecule has 0 amide bonds. The van der Waals surface area contributed by atoms with Gasteiger partial charge in [0.1, 0.15) is 6.07 Å². The Morgan fingerprint density at radius 1 is 1.48 bits per heavy atom. The maximum absolute atomic E-state index is 11.6. The molecule has 1 fully saturated rings. The second kappa shape index (κ2) is 5.37. The molecule has 1 aliphatic carbocycles. The van der Waals surface area contributed by atoms with Gasteiger partial charge in [0.05, 0.1) is 24.1 Å². The molecule has 1 aromatic heterocycles. The van der Waals surface area contributed by atoms with Crippen molar-refractivity contribution in [1.29, 1.82) is 5.26 Å². The summed E-state index contributed by atoms with van der Waals surface area (Å²) in [5, 5.41) is 17.2. The van der Waals surface area contributed by atoms with Crippen molar-refractivity contribution >= 4 is 5.97 Å². The van der Waals surface area contributed by atoms with Crippen LogP contribution in [0.2, 0.25) is 0 Å². The molecule has 0 bridgehead atoms. The van der Waals surface area contributed by atoms with Crippen LogP contribution in [0.1, 0.15) is 46.9 Å². The van der Waals surface area contributed by atoms with Gasteiger partial charge in [-0.25, -0.2) is 9.48 Å². The van der Waals surface area contributed by atoms with E-state index in [1.54, 1.807) is 22.9 Å². The average molecular weight is 282 g/mol. The number of carbonyl (C=O) groups is 1. The first-order chi connectivity index (χ1) is 10.2. The Morgan fingerprint density at radius 3 is 2.90 bits per heavy atom. The van der Waals surface area contributed by atoms with Crippen molar-refractivity contribution in [2.24, 2.45) is 0 Å². The van der Waals surface area contributed by atoms with Gasteiger partial charge in [0.25, 0.3) is 0 Å². The molecule has 1 aromatic carbocycles. The predicted octanol–water partition coefficient (Wildman–Crippen LogP) is 2.19. The topological polar surface area (TPSA) is 80.8 Å². The first kappa shape index (κ1) is 13.3. The van der Waals surface area contributed by atoms with Crippen molar-refractivity contribution in [2.45, 2.75) is 25.2 Å². The zero-order valence-electron chi connectivity index (χ0n) is 11.6. The second-order valence-corrected chi connectivity index (χ2v) is 5.02. The van der Waals surface area contributed by atoms with Gasteiger partial charge in [-0.3, -0.25) is 0 Å². The smallest absolute Gasteiger partial charge is 0.337 e. The number of hydrogen-bond donors (Lipinski definition) is 0. The van der Waals surface area contributed by atoms with E-state index in [4.69, 9.17) is 4.74 Å². The van der Waals surface area contributed by atoms with Crippen LogP contribution in [0.3, 0.4) is 0 Å². The second-order valence-electron chi connectivity index (χ2n) is 5.02. The Morgan fingerprint density at radius 2 is 2.29 bits per heavy atom. The van der Waals surface area contributed by atoms with Crippen LogP contribution < -0.4 is 0 Å². The number of ether oxygens (including phenoxy) is 1. The van der Waals surface area contributed by atoms with Gasteiger partial charge in [-0.1, -0.05) is 17.7 Å². The van der Waals surface area contributed by atoms with Gasteiger partial charge < -0.3 is 4.74 Å². The van der Waals surface area contributed by atoms with E-state index in [9.17, 15) is 10.1 Å². The summed E-state index contributed by atoms with van der Waals surface area (Å²) in [5.74, 6) is -0.0842. The van der Waals surface area contributed by atoms with Gasteiger partial charge in [0.15, 0.2) is 5.69 Å². The normalized spacial score (nSPS) is 14.3. The van der Waals surface area contributed by atoms with E-state index in [2.05, 4.69) is 16.4 Å². The van der Waals surface area contributed by atoms with Crippen LogP contribution in [0.15, 0.2) is 24.3 Å². The number of nitriles is 1. The zero-order chi connectivity index (χ0) is 14.8. The van der Waals surface area contributed by atoms with Gasteiger partial charge in [-0.05, 0) is 31.0 Å². The molecule has 0 N–H and O–H groups in total. The minimum atomic E-state index is -0.400.